The molecule has 124 valence electrons. The van der Waals surface area contributed by atoms with E-state index in [1.54, 1.807) is 24.0 Å². The molecule has 0 aliphatic rings. The van der Waals surface area contributed by atoms with Crippen LogP contribution in [0.5, 0.6) is 0 Å². The van der Waals surface area contributed by atoms with Gasteiger partial charge in [-0.3, -0.25) is 9.89 Å². The number of fused-ring (bicyclic) bond motifs is 1. The van der Waals surface area contributed by atoms with Crippen molar-refractivity contribution in [3.63, 3.8) is 0 Å². The van der Waals surface area contributed by atoms with Gasteiger partial charge in [-0.1, -0.05) is 12.1 Å². The van der Waals surface area contributed by atoms with Crippen LogP contribution in [0.25, 0.3) is 10.9 Å². The fourth-order valence-corrected chi connectivity index (χ4v) is 2.44. The normalized spacial score (nSPS) is 11.7. The maximum absolute atomic E-state index is 12.7. The number of alkyl halides is 3. The third kappa shape index (κ3) is 3.22. The Labute approximate surface area is 135 Å². The first-order valence-electron chi connectivity index (χ1n) is 7.11. The molecule has 0 saturated carbocycles. The highest BCUT2D eigenvalue weighted by Crippen LogP contribution is 2.29. The minimum Gasteiger partial charge on any atom is -0.348 e. The fourth-order valence-electron chi connectivity index (χ4n) is 2.44. The number of aromatic nitrogens is 3. The highest BCUT2D eigenvalue weighted by Gasteiger charge is 2.30. The van der Waals surface area contributed by atoms with Crippen LogP contribution in [0.2, 0.25) is 0 Å². The van der Waals surface area contributed by atoms with Crippen molar-refractivity contribution in [1.29, 1.82) is 0 Å². The van der Waals surface area contributed by atoms with E-state index in [2.05, 4.69) is 15.5 Å². The van der Waals surface area contributed by atoms with Crippen molar-refractivity contribution in [2.45, 2.75) is 12.7 Å². The second-order valence-electron chi connectivity index (χ2n) is 5.42. The smallest absolute Gasteiger partial charge is 0.348 e. The van der Waals surface area contributed by atoms with Gasteiger partial charge in [0.25, 0.3) is 5.91 Å². The first kappa shape index (κ1) is 16.0. The largest absolute Gasteiger partial charge is 0.416 e. The van der Waals surface area contributed by atoms with Crippen LogP contribution in [0.3, 0.4) is 0 Å². The molecular weight excluding hydrogens is 321 g/mol. The quantitative estimate of drug-likeness (QED) is 0.722. The number of halogens is 3. The lowest BCUT2D eigenvalue weighted by atomic mass is 10.1. The number of amides is 1. The molecule has 2 N–H and O–H groups in total. The van der Waals surface area contributed by atoms with Crippen LogP contribution in [0.1, 0.15) is 21.5 Å². The molecule has 3 rings (SSSR count). The molecule has 1 amide bonds. The first-order valence-corrected chi connectivity index (χ1v) is 7.11. The van der Waals surface area contributed by atoms with E-state index < -0.39 is 11.7 Å². The van der Waals surface area contributed by atoms with E-state index in [1.165, 1.54) is 18.3 Å². The van der Waals surface area contributed by atoms with E-state index >= 15 is 0 Å². The molecule has 0 atom stereocenters. The van der Waals surface area contributed by atoms with Gasteiger partial charge in [-0.15, -0.1) is 0 Å². The molecule has 3 aromatic rings. The number of H-pyrrole nitrogens is 1. The van der Waals surface area contributed by atoms with Gasteiger partial charge >= 0.3 is 6.18 Å². The minimum absolute atomic E-state index is 0.000701. The van der Waals surface area contributed by atoms with Crippen molar-refractivity contribution < 1.29 is 22.5 Å². The Morgan fingerprint density at radius 2 is 2.12 bits per heavy atom. The summed E-state index contributed by atoms with van der Waals surface area (Å²) in [5.41, 5.74) is 0.736. The lowest BCUT2D eigenvalue weighted by Gasteiger charge is -2.09. The average Bonchev–Trinajstić information content (AvgIpc) is 2.99. The van der Waals surface area contributed by atoms with E-state index in [4.69, 9.17) is 0 Å². The number of benzene rings is 1. The number of nitrogens with zero attached hydrogens (tertiary/aromatic N) is 2. The standard InChI is InChI=1S/C16H13F3N4O/c1-23-8-13(12-7-21-22-14(12)9-23)15(24)20-6-10-3-2-4-11(5-10)16(17,18)19/h2-5,7-9H,6H2,1H3,(H,20,24)/p+1. The van der Waals surface area contributed by atoms with E-state index in [-0.39, 0.29) is 12.5 Å². The van der Waals surface area contributed by atoms with E-state index in [9.17, 15) is 18.0 Å². The van der Waals surface area contributed by atoms with Gasteiger partial charge in [-0.05, 0) is 17.7 Å². The zero-order chi connectivity index (χ0) is 17.3. The Balaban J connectivity index is 1.79. The Morgan fingerprint density at radius 3 is 2.88 bits per heavy atom. The van der Waals surface area contributed by atoms with Crippen molar-refractivity contribution in [3.8, 4) is 0 Å². The summed E-state index contributed by atoms with van der Waals surface area (Å²) in [5, 5.41) is 9.97. The van der Waals surface area contributed by atoms with Gasteiger partial charge < -0.3 is 5.32 Å². The van der Waals surface area contributed by atoms with Crippen LogP contribution < -0.4 is 9.88 Å². The van der Waals surface area contributed by atoms with Gasteiger partial charge in [-0.2, -0.15) is 18.3 Å². The Kier molecular flexibility index (Phi) is 3.96. The summed E-state index contributed by atoms with van der Waals surface area (Å²) in [4.78, 5) is 12.4. The van der Waals surface area contributed by atoms with Crippen LogP contribution in [0.15, 0.2) is 42.9 Å². The third-order valence-electron chi connectivity index (χ3n) is 3.58. The zero-order valence-corrected chi connectivity index (χ0v) is 12.7. The summed E-state index contributed by atoms with van der Waals surface area (Å²) in [6, 6.07) is 4.88. The van der Waals surface area contributed by atoms with Crippen molar-refractivity contribution in [1.82, 2.24) is 15.5 Å². The van der Waals surface area contributed by atoms with Gasteiger partial charge in [0.15, 0.2) is 12.4 Å². The highest BCUT2D eigenvalue weighted by molar-refractivity contribution is 6.05. The summed E-state index contributed by atoms with van der Waals surface area (Å²) < 4.78 is 39.9. The fraction of sp³-hybridized carbons (Fsp3) is 0.188. The van der Waals surface area contributed by atoms with E-state index in [0.717, 1.165) is 12.1 Å². The molecule has 0 aliphatic carbocycles. The molecule has 2 heterocycles. The van der Waals surface area contributed by atoms with Crippen LogP contribution in [-0.2, 0) is 19.8 Å². The molecule has 0 unspecified atom stereocenters. The van der Waals surface area contributed by atoms with Crippen LogP contribution >= 0.6 is 0 Å². The van der Waals surface area contributed by atoms with Crippen LogP contribution in [0.4, 0.5) is 13.2 Å². The topological polar surface area (TPSA) is 61.7 Å². The molecule has 0 bridgehead atoms. The van der Waals surface area contributed by atoms with Gasteiger partial charge in [0.05, 0.1) is 11.8 Å². The number of hydrogen-bond donors (Lipinski definition) is 2. The van der Waals surface area contributed by atoms with E-state index in [0.29, 0.717) is 22.0 Å². The molecule has 5 nitrogen and oxygen atoms in total. The predicted octanol–water partition coefficient (Wildman–Crippen LogP) is 2.34. The molecule has 0 fully saturated rings. The summed E-state index contributed by atoms with van der Waals surface area (Å²) in [6.07, 6.45) is 0.552. The molecule has 8 heteroatoms. The molecule has 0 radical (unpaired) electrons. The Hall–Kier alpha value is -2.90. The zero-order valence-electron chi connectivity index (χ0n) is 12.7. The van der Waals surface area contributed by atoms with Crippen molar-refractivity contribution >= 4 is 16.8 Å². The van der Waals surface area contributed by atoms with Crippen molar-refractivity contribution in [2.24, 2.45) is 7.05 Å². The molecule has 0 spiro atoms. The first-order chi connectivity index (χ1) is 11.3. The maximum atomic E-state index is 12.7. The second kappa shape index (κ2) is 5.95. The van der Waals surface area contributed by atoms with Gasteiger partial charge in [0.1, 0.15) is 18.1 Å². The van der Waals surface area contributed by atoms with Crippen LogP contribution in [-0.4, -0.2) is 16.1 Å². The van der Waals surface area contributed by atoms with Gasteiger partial charge in [-0.25, -0.2) is 4.57 Å². The summed E-state index contributed by atoms with van der Waals surface area (Å²) in [6.45, 7) is 0.000701. The number of nitrogens with one attached hydrogen (secondary N) is 2. The molecular formula is C16H14F3N4O+. The molecule has 24 heavy (non-hydrogen) atoms. The summed E-state index contributed by atoms with van der Waals surface area (Å²) >= 11 is 0. The molecule has 1 aromatic carbocycles. The summed E-state index contributed by atoms with van der Waals surface area (Å²) in [7, 11) is 1.77. The maximum Gasteiger partial charge on any atom is 0.416 e. The number of hydrogen-bond acceptors (Lipinski definition) is 2. The van der Waals surface area contributed by atoms with Gasteiger partial charge in [0, 0.05) is 11.9 Å². The minimum atomic E-state index is -4.41. The molecule has 2 aromatic heterocycles. The number of pyridine rings is 1. The lowest BCUT2D eigenvalue weighted by Crippen LogP contribution is -2.31. The summed E-state index contributed by atoms with van der Waals surface area (Å²) in [5.74, 6) is -0.380. The average molecular weight is 335 g/mol. The Morgan fingerprint density at radius 1 is 1.33 bits per heavy atom. The monoisotopic (exact) mass is 335 g/mol. The number of aromatic amines is 1. The number of carbonyl (C=O) groups is 1. The lowest BCUT2D eigenvalue weighted by molar-refractivity contribution is -0.670. The van der Waals surface area contributed by atoms with Crippen molar-refractivity contribution in [3.05, 3.63) is 59.5 Å². The molecule has 0 aliphatic heterocycles. The second-order valence-corrected chi connectivity index (χ2v) is 5.42. The van der Waals surface area contributed by atoms with Crippen LogP contribution in [0, 0.1) is 0 Å². The van der Waals surface area contributed by atoms with Gasteiger partial charge in [0.2, 0.25) is 0 Å². The predicted molar refractivity (Wildman–Crippen MR) is 79.9 cm³/mol. The number of carbonyl (C=O) groups excluding carboxylic acids is 1. The molecule has 0 saturated heterocycles. The number of rotatable bonds is 3. The number of aryl methyl sites for hydroxylation is 1. The Bertz CT molecular complexity index is 902. The van der Waals surface area contributed by atoms with Crippen molar-refractivity contribution in [2.75, 3.05) is 0 Å². The SMILES string of the molecule is C[n+]1cc(C(=O)NCc2cccc(C(F)(F)F)c2)c2cn[nH]c2c1. The highest BCUT2D eigenvalue weighted by atomic mass is 19.4. The third-order valence-corrected chi connectivity index (χ3v) is 3.58. The van der Waals surface area contributed by atoms with E-state index in [1.807, 2.05) is 0 Å².